The van der Waals surface area contributed by atoms with E-state index in [1.165, 1.54) is 38.1 Å². The summed E-state index contributed by atoms with van der Waals surface area (Å²) in [5.74, 6) is 0.669. The zero-order valence-corrected chi connectivity index (χ0v) is 17.9. The Kier molecular flexibility index (Phi) is 4.69. The van der Waals surface area contributed by atoms with Gasteiger partial charge in [-0.15, -0.1) is 0 Å². The van der Waals surface area contributed by atoms with E-state index in [9.17, 15) is 9.18 Å². The summed E-state index contributed by atoms with van der Waals surface area (Å²) in [6, 6.07) is 25.6. The lowest BCUT2D eigenvalue weighted by atomic mass is 9.80. The molecular weight excluding hydrogens is 399 g/mol. The Morgan fingerprint density at radius 2 is 1.72 bits per heavy atom. The summed E-state index contributed by atoms with van der Waals surface area (Å²) in [6.45, 7) is 3.74. The highest BCUT2D eigenvalue weighted by Crippen LogP contribution is 2.37. The van der Waals surface area contributed by atoms with E-state index in [-0.39, 0.29) is 11.4 Å². The summed E-state index contributed by atoms with van der Waals surface area (Å²) in [5.41, 5.74) is 4.83. The molecule has 2 bridgehead atoms. The summed E-state index contributed by atoms with van der Waals surface area (Å²) < 4.78 is 15.4. The molecule has 1 N–H and O–H groups in total. The summed E-state index contributed by atoms with van der Waals surface area (Å²) in [4.78, 5) is 14.3. The van der Waals surface area contributed by atoms with Crippen LogP contribution in [0.4, 0.5) is 4.39 Å². The molecule has 4 aromatic rings. The molecular formula is C28H26FN2O+. The molecule has 3 aromatic carbocycles. The van der Waals surface area contributed by atoms with Crippen molar-refractivity contribution in [2.45, 2.75) is 25.4 Å². The van der Waals surface area contributed by atoms with Gasteiger partial charge in [0.15, 0.2) is 0 Å². The zero-order chi connectivity index (χ0) is 21.7. The largest absolute Gasteiger partial charge is 0.330 e. The van der Waals surface area contributed by atoms with Gasteiger partial charge in [-0.1, -0.05) is 48.5 Å². The lowest BCUT2D eigenvalue weighted by Crippen LogP contribution is -3.13. The second kappa shape index (κ2) is 7.72. The van der Waals surface area contributed by atoms with Gasteiger partial charge in [-0.25, -0.2) is 4.39 Å². The number of halogens is 1. The first-order chi connectivity index (χ1) is 15.6. The van der Waals surface area contributed by atoms with Crippen LogP contribution < -0.4 is 10.5 Å². The van der Waals surface area contributed by atoms with Crippen molar-refractivity contribution in [3.8, 4) is 11.1 Å². The van der Waals surface area contributed by atoms with Crippen LogP contribution in [0.1, 0.15) is 23.6 Å². The van der Waals surface area contributed by atoms with Crippen molar-refractivity contribution in [2.24, 2.45) is 5.92 Å². The first-order valence-electron chi connectivity index (χ1n) is 11.4. The van der Waals surface area contributed by atoms with Gasteiger partial charge < -0.3 is 9.47 Å². The van der Waals surface area contributed by atoms with Crippen LogP contribution in [-0.2, 0) is 13.1 Å². The third-order valence-electron chi connectivity index (χ3n) is 7.21. The molecule has 1 unspecified atom stereocenters. The van der Waals surface area contributed by atoms with E-state index in [1.54, 1.807) is 18.2 Å². The Hall–Kier alpha value is -3.24. The van der Waals surface area contributed by atoms with E-state index in [0.717, 1.165) is 32.6 Å². The first kappa shape index (κ1) is 19.4. The number of pyridine rings is 1. The molecule has 1 aromatic heterocycles. The highest BCUT2D eigenvalue weighted by Gasteiger charge is 2.38. The Balaban J connectivity index is 1.38. The minimum Gasteiger partial charge on any atom is -0.330 e. The monoisotopic (exact) mass is 425 g/mol. The minimum atomic E-state index is -0.187. The molecule has 1 fully saturated rings. The molecule has 160 valence electrons. The topological polar surface area (TPSA) is 26.4 Å². The zero-order valence-electron chi connectivity index (χ0n) is 17.9. The minimum absolute atomic E-state index is 0.112. The highest BCUT2D eigenvalue weighted by atomic mass is 19.1. The molecule has 4 heteroatoms. The fourth-order valence-electron chi connectivity index (χ4n) is 5.87. The van der Waals surface area contributed by atoms with Crippen molar-refractivity contribution in [3.05, 3.63) is 106 Å². The summed E-state index contributed by atoms with van der Waals surface area (Å²) in [6.07, 6.45) is 1.14. The van der Waals surface area contributed by atoms with E-state index in [1.807, 2.05) is 22.8 Å². The molecule has 0 saturated carbocycles. The Morgan fingerprint density at radius 3 is 2.56 bits per heavy atom. The van der Waals surface area contributed by atoms with Gasteiger partial charge in [-0.2, -0.15) is 0 Å². The van der Waals surface area contributed by atoms with Gasteiger partial charge in [0.2, 0.25) is 0 Å². The number of hydrogen-bond acceptors (Lipinski definition) is 1. The number of fused-ring (bicyclic) bond motifs is 5. The third kappa shape index (κ3) is 3.45. The number of quaternary nitrogens is 1. The van der Waals surface area contributed by atoms with E-state index in [2.05, 4.69) is 42.5 Å². The SMILES string of the molecule is O=c1ccc(-c2ccc3ccccc3c2)c2n1C[C@H]1C[C@@H]2C[NH+](Cc2ccc(F)cc2)C1. The number of benzene rings is 3. The second-order valence-corrected chi connectivity index (χ2v) is 9.40. The van der Waals surface area contributed by atoms with Crippen LogP contribution in [0, 0.1) is 11.7 Å². The van der Waals surface area contributed by atoms with Gasteiger partial charge in [0.25, 0.3) is 5.56 Å². The summed E-state index contributed by atoms with van der Waals surface area (Å²) >= 11 is 0. The van der Waals surface area contributed by atoms with Gasteiger partial charge >= 0.3 is 0 Å². The number of aromatic nitrogens is 1. The Morgan fingerprint density at radius 1 is 0.906 bits per heavy atom. The molecule has 1 saturated heterocycles. The van der Waals surface area contributed by atoms with Crippen molar-refractivity contribution in [1.29, 1.82) is 0 Å². The average molecular weight is 426 g/mol. The average Bonchev–Trinajstić information content (AvgIpc) is 2.81. The van der Waals surface area contributed by atoms with Crippen molar-refractivity contribution < 1.29 is 9.29 Å². The second-order valence-electron chi connectivity index (χ2n) is 9.40. The number of piperidine rings is 1. The van der Waals surface area contributed by atoms with Crippen LogP contribution in [0.3, 0.4) is 0 Å². The van der Waals surface area contributed by atoms with Gasteiger partial charge in [-0.05, 0) is 47.0 Å². The smallest absolute Gasteiger partial charge is 0.250 e. The molecule has 0 aliphatic carbocycles. The van der Waals surface area contributed by atoms with Crippen molar-refractivity contribution in [1.82, 2.24) is 4.57 Å². The molecule has 3 atom stereocenters. The van der Waals surface area contributed by atoms with E-state index >= 15 is 0 Å². The normalized spacial score (nSPS) is 22.0. The molecule has 32 heavy (non-hydrogen) atoms. The fourth-order valence-corrected chi connectivity index (χ4v) is 5.87. The fraction of sp³-hybridized carbons (Fsp3) is 0.250. The molecule has 3 heterocycles. The van der Waals surface area contributed by atoms with Crippen LogP contribution in [0.15, 0.2) is 83.7 Å². The Bertz CT molecular complexity index is 1360. The predicted molar refractivity (Wildman–Crippen MR) is 125 cm³/mol. The lowest BCUT2D eigenvalue weighted by Gasteiger charge is -2.41. The predicted octanol–water partition coefficient (Wildman–Crippen LogP) is 4.01. The first-order valence-corrected chi connectivity index (χ1v) is 11.4. The molecule has 0 spiro atoms. The van der Waals surface area contributed by atoms with E-state index in [4.69, 9.17) is 0 Å². The highest BCUT2D eigenvalue weighted by molar-refractivity contribution is 5.87. The molecule has 0 radical (unpaired) electrons. The maximum absolute atomic E-state index is 13.3. The van der Waals surface area contributed by atoms with Crippen LogP contribution in [0.25, 0.3) is 21.9 Å². The standard InChI is InChI=1S/C28H25FN2O/c29-25-9-5-19(6-10-25)15-30-16-20-13-24(18-30)28-26(11-12-27(32)31(28)17-20)23-8-7-21-3-1-2-4-22(21)14-23/h1-12,14,20,24H,13,15-18H2/p+1/t20-,24+/m0/s1. The van der Waals surface area contributed by atoms with Crippen molar-refractivity contribution in [2.75, 3.05) is 13.1 Å². The molecule has 2 aliphatic rings. The van der Waals surface area contributed by atoms with Crippen LogP contribution in [-0.4, -0.2) is 17.7 Å². The van der Waals surface area contributed by atoms with Gasteiger partial charge in [0, 0.05) is 41.3 Å². The lowest BCUT2D eigenvalue weighted by molar-refractivity contribution is -0.924. The van der Waals surface area contributed by atoms with Crippen LogP contribution >= 0.6 is 0 Å². The van der Waals surface area contributed by atoms with Crippen LogP contribution in [0.5, 0.6) is 0 Å². The molecule has 6 rings (SSSR count). The summed E-state index contributed by atoms with van der Waals surface area (Å²) in [7, 11) is 0. The Labute approximate surface area is 186 Å². The number of hydrogen-bond donors (Lipinski definition) is 1. The number of likely N-dealkylation sites (tertiary alicyclic amines) is 1. The van der Waals surface area contributed by atoms with Gasteiger partial charge in [0.1, 0.15) is 12.4 Å². The summed E-state index contributed by atoms with van der Waals surface area (Å²) in [5, 5.41) is 2.45. The number of nitrogens with zero attached hydrogens (tertiary/aromatic N) is 1. The molecule has 0 amide bonds. The van der Waals surface area contributed by atoms with Gasteiger partial charge in [-0.3, -0.25) is 4.79 Å². The maximum atomic E-state index is 13.3. The van der Waals surface area contributed by atoms with E-state index in [0.29, 0.717) is 11.8 Å². The van der Waals surface area contributed by atoms with Crippen LogP contribution in [0.2, 0.25) is 0 Å². The molecule has 3 nitrogen and oxygen atoms in total. The third-order valence-corrected chi connectivity index (χ3v) is 7.21. The number of rotatable bonds is 3. The van der Waals surface area contributed by atoms with E-state index < -0.39 is 0 Å². The quantitative estimate of drug-likeness (QED) is 0.528. The van der Waals surface area contributed by atoms with Crippen molar-refractivity contribution >= 4 is 10.8 Å². The van der Waals surface area contributed by atoms with Crippen molar-refractivity contribution in [3.63, 3.8) is 0 Å². The van der Waals surface area contributed by atoms with Gasteiger partial charge in [0.05, 0.1) is 13.1 Å². The maximum Gasteiger partial charge on any atom is 0.250 e. The molecule has 2 aliphatic heterocycles. The number of nitrogens with one attached hydrogen (secondary N) is 1.